The molecule has 0 N–H and O–H groups in total. The molecule has 1 amide bonds. The number of fused-ring (bicyclic) bond motifs is 1. The van der Waals surface area contributed by atoms with Crippen LogP contribution in [0.5, 0.6) is 0 Å². The fraction of sp³-hybridized carbons (Fsp3) is 0.273. The molecule has 4 aromatic rings. The van der Waals surface area contributed by atoms with E-state index in [1.54, 1.807) is 34.6 Å². The summed E-state index contributed by atoms with van der Waals surface area (Å²) in [4.78, 5) is 34.8. The molecule has 0 radical (unpaired) electrons. The highest BCUT2D eigenvalue weighted by Gasteiger charge is 2.29. The van der Waals surface area contributed by atoms with E-state index in [4.69, 9.17) is 16.1 Å². The number of hydrogen-bond donors (Lipinski definition) is 0. The Labute approximate surface area is 192 Å². The average molecular weight is 470 g/mol. The first-order chi connectivity index (χ1) is 15.5. The SMILES string of the molecule is Cc1onc(-c2ccccc2Cl)c1C(=O)N1CCN(Cc2cc(=O)n3ccsc3n2)CC1. The topological polar surface area (TPSA) is 84.0 Å². The number of aromatic nitrogens is 3. The monoisotopic (exact) mass is 469 g/mol. The molecule has 1 saturated heterocycles. The van der Waals surface area contributed by atoms with Gasteiger partial charge in [0.1, 0.15) is 17.0 Å². The van der Waals surface area contributed by atoms with Gasteiger partial charge in [-0.2, -0.15) is 0 Å². The van der Waals surface area contributed by atoms with Crippen LogP contribution in [-0.2, 0) is 6.54 Å². The van der Waals surface area contributed by atoms with Crippen molar-refractivity contribution in [1.29, 1.82) is 0 Å². The van der Waals surface area contributed by atoms with Crippen molar-refractivity contribution >= 4 is 33.8 Å². The van der Waals surface area contributed by atoms with Gasteiger partial charge in [0.2, 0.25) is 0 Å². The maximum absolute atomic E-state index is 13.3. The number of piperazine rings is 1. The molecule has 0 saturated carbocycles. The smallest absolute Gasteiger partial charge is 0.259 e. The van der Waals surface area contributed by atoms with Crippen LogP contribution in [0.15, 0.2) is 51.2 Å². The molecule has 4 heterocycles. The van der Waals surface area contributed by atoms with Gasteiger partial charge in [-0.05, 0) is 13.0 Å². The van der Waals surface area contributed by atoms with Gasteiger partial charge in [-0.3, -0.25) is 18.9 Å². The van der Waals surface area contributed by atoms with Crippen LogP contribution >= 0.6 is 22.9 Å². The fourth-order valence-corrected chi connectivity index (χ4v) is 4.89. The Morgan fingerprint density at radius 2 is 2.00 bits per heavy atom. The van der Waals surface area contributed by atoms with Gasteiger partial charge in [0.05, 0.1) is 10.7 Å². The third-order valence-electron chi connectivity index (χ3n) is 5.61. The Kier molecular flexibility index (Phi) is 5.54. The minimum atomic E-state index is -0.116. The summed E-state index contributed by atoms with van der Waals surface area (Å²) < 4.78 is 6.90. The number of thiazole rings is 1. The molecule has 5 rings (SSSR count). The molecular weight excluding hydrogens is 450 g/mol. The molecule has 0 unspecified atom stereocenters. The highest BCUT2D eigenvalue weighted by Crippen LogP contribution is 2.32. The summed E-state index contributed by atoms with van der Waals surface area (Å²) in [5, 5.41) is 6.47. The second-order valence-corrected chi connectivity index (χ2v) is 8.93. The van der Waals surface area contributed by atoms with E-state index in [2.05, 4.69) is 15.0 Å². The summed E-state index contributed by atoms with van der Waals surface area (Å²) in [5.74, 6) is 0.357. The maximum atomic E-state index is 13.3. The van der Waals surface area contributed by atoms with Crippen LogP contribution in [0.2, 0.25) is 5.02 Å². The highest BCUT2D eigenvalue weighted by molar-refractivity contribution is 7.15. The van der Waals surface area contributed by atoms with E-state index in [9.17, 15) is 9.59 Å². The van der Waals surface area contributed by atoms with Crippen molar-refractivity contribution in [3.8, 4) is 11.3 Å². The van der Waals surface area contributed by atoms with Gasteiger partial charge >= 0.3 is 0 Å². The summed E-state index contributed by atoms with van der Waals surface area (Å²) in [7, 11) is 0. The van der Waals surface area contributed by atoms with Crippen molar-refractivity contribution in [3.63, 3.8) is 0 Å². The van der Waals surface area contributed by atoms with Crippen molar-refractivity contribution < 1.29 is 9.32 Å². The van der Waals surface area contributed by atoms with Gasteiger partial charge < -0.3 is 9.42 Å². The number of hydrogen-bond acceptors (Lipinski definition) is 7. The van der Waals surface area contributed by atoms with Gasteiger partial charge in [-0.1, -0.05) is 35.0 Å². The van der Waals surface area contributed by atoms with Crippen LogP contribution in [0.1, 0.15) is 21.8 Å². The van der Waals surface area contributed by atoms with E-state index in [1.165, 1.54) is 11.3 Å². The van der Waals surface area contributed by atoms with Gasteiger partial charge in [0.15, 0.2) is 4.96 Å². The first-order valence-electron chi connectivity index (χ1n) is 10.2. The lowest BCUT2D eigenvalue weighted by molar-refractivity contribution is 0.0626. The lowest BCUT2D eigenvalue weighted by atomic mass is 10.0. The molecule has 0 aliphatic carbocycles. The zero-order chi connectivity index (χ0) is 22.2. The molecule has 10 heteroatoms. The van der Waals surface area contributed by atoms with Crippen LogP contribution in [0.25, 0.3) is 16.2 Å². The number of amides is 1. The molecular formula is C22H20ClN5O3S. The molecule has 8 nitrogen and oxygen atoms in total. The van der Waals surface area contributed by atoms with E-state index in [0.717, 1.165) is 5.69 Å². The van der Waals surface area contributed by atoms with E-state index in [1.807, 2.05) is 23.6 Å². The number of halogens is 1. The van der Waals surface area contributed by atoms with Crippen molar-refractivity contribution in [2.45, 2.75) is 13.5 Å². The van der Waals surface area contributed by atoms with Crippen LogP contribution in [0.3, 0.4) is 0 Å². The standard InChI is InChI=1S/C22H20ClN5O3S/c1-14-19(20(25-31-14)16-4-2-3-5-17(16)23)21(30)27-8-6-26(7-9-27)13-15-12-18(29)28-10-11-32-22(28)24-15/h2-5,10-12H,6-9,13H2,1H3. The Hall–Kier alpha value is -3.01. The van der Waals surface area contributed by atoms with E-state index in [-0.39, 0.29) is 11.5 Å². The Bertz CT molecular complexity index is 1350. The molecule has 164 valence electrons. The average Bonchev–Trinajstić information content (AvgIpc) is 3.41. The summed E-state index contributed by atoms with van der Waals surface area (Å²) in [6, 6.07) is 8.86. The van der Waals surface area contributed by atoms with Crippen LogP contribution in [0.4, 0.5) is 0 Å². The minimum absolute atomic E-state index is 0.0740. The predicted octanol–water partition coefficient (Wildman–Crippen LogP) is 3.33. The zero-order valence-electron chi connectivity index (χ0n) is 17.3. The number of nitrogens with zero attached hydrogens (tertiary/aromatic N) is 5. The van der Waals surface area contributed by atoms with E-state index >= 15 is 0 Å². The Morgan fingerprint density at radius 1 is 1.22 bits per heavy atom. The van der Waals surface area contributed by atoms with E-state index < -0.39 is 0 Å². The number of carbonyl (C=O) groups excluding carboxylic acids is 1. The minimum Gasteiger partial charge on any atom is -0.360 e. The molecule has 1 fully saturated rings. The highest BCUT2D eigenvalue weighted by atomic mass is 35.5. The van der Waals surface area contributed by atoms with Crippen molar-refractivity contribution in [2.24, 2.45) is 0 Å². The summed E-state index contributed by atoms with van der Waals surface area (Å²) in [6.07, 6.45) is 1.73. The lowest BCUT2D eigenvalue weighted by Gasteiger charge is -2.34. The second-order valence-electron chi connectivity index (χ2n) is 7.65. The van der Waals surface area contributed by atoms with Crippen molar-refractivity contribution in [3.05, 3.63) is 74.3 Å². The molecule has 3 aromatic heterocycles. The Morgan fingerprint density at radius 3 is 2.78 bits per heavy atom. The zero-order valence-corrected chi connectivity index (χ0v) is 18.9. The fourth-order valence-electron chi connectivity index (χ4n) is 3.93. The van der Waals surface area contributed by atoms with Crippen molar-refractivity contribution in [1.82, 2.24) is 24.3 Å². The number of carbonyl (C=O) groups is 1. The number of aryl methyl sites for hydroxylation is 1. The Balaban J connectivity index is 1.30. The largest absolute Gasteiger partial charge is 0.360 e. The molecule has 0 spiro atoms. The van der Waals surface area contributed by atoms with Gasteiger partial charge in [-0.15, -0.1) is 11.3 Å². The summed E-state index contributed by atoms with van der Waals surface area (Å²) in [6.45, 7) is 4.80. The molecule has 0 bridgehead atoms. The quantitative estimate of drug-likeness (QED) is 0.456. The molecule has 1 aromatic carbocycles. The lowest BCUT2D eigenvalue weighted by Crippen LogP contribution is -2.48. The van der Waals surface area contributed by atoms with Gasteiger partial charge in [-0.25, -0.2) is 4.98 Å². The van der Waals surface area contributed by atoms with Crippen LogP contribution < -0.4 is 5.56 Å². The van der Waals surface area contributed by atoms with Gasteiger partial charge in [0, 0.05) is 55.9 Å². The normalized spacial score (nSPS) is 14.9. The second kappa shape index (κ2) is 8.50. The predicted molar refractivity (Wildman–Crippen MR) is 122 cm³/mol. The van der Waals surface area contributed by atoms with Crippen LogP contribution in [-0.4, -0.2) is 56.4 Å². The molecule has 1 aliphatic heterocycles. The maximum Gasteiger partial charge on any atom is 0.259 e. The summed E-state index contributed by atoms with van der Waals surface area (Å²) >= 11 is 7.76. The van der Waals surface area contributed by atoms with Gasteiger partial charge in [0.25, 0.3) is 11.5 Å². The molecule has 0 atom stereocenters. The molecule has 32 heavy (non-hydrogen) atoms. The van der Waals surface area contributed by atoms with Crippen molar-refractivity contribution in [2.75, 3.05) is 26.2 Å². The number of rotatable bonds is 4. The number of benzene rings is 1. The third-order valence-corrected chi connectivity index (χ3v) is 6.69. The summed E-state index contributed by atoms with van der Waals surface area (Å²) in [5.41, 5.74) is 2.26. The molecule has 1 aliphatic rings. The third kappa shape index (κ3) is 3.83. The first-order valence-corrected chi connectivity index (χ1v) is 11.5. The van der Waals surface area contributed by atoms with Crippen LogP contribution in [0, 0.1) is 6.92 Å². The first kappa shape index (κ1) is 20.9. The van der Waals surface area contributed by atoms with E-state index in [0.29, 0.717) is 65.3 Å².